The Bertz CT molecular complexity index is 736. The van der Waals surface area contributed by atoms with Gasteiger partial charge in [-0.05, 0) is 36.5 Å². The Balaban J connectivity index is 1.58. The summed E-state index contributed by atoms with van der Waals surface area (Å²) in [5.74, 6) is 2.12. The minimum Gasteiger partial charge on any atom is -0.497 e. The van der Waals surface area contributed by atoms with Gasteiger partial charge in [-0.2, -0.15) is 0 Å². The van der Waals surface area contributed by atoms with Crippen molar-refractivity contribution in [3.05, 3.63) is 40.6 Å². The van der Waals surface area contributed by atoms with Gasteiger partial charge in [0, 0.05) is 36.5 Å². The summed E-state index contributed by atoms with van der Waals surface area (Å²) in [7, 11) is 5.29. The SMILES string of the molecule is COc1ccc(NC(=O)NC[C@@H]2CN(C)C[C@@H]2c2cccs2)c(OC)c1. The van der Waals surface area contributed by atoms with E-state index in [0.717, 1.165) is 13.1 Å². The fourth-order valence-corrected chi connectivity index (χ4v) is 4.32. The molecule has 140 valence electrons. The third-order valence-corrected chi connectivity index (χ3v) is 5.72. The summed E-state index contributed by atoms with van der Waals surface area (Å²) in [6, 6.07) is 9.35. The first-order valence-electron chi connectivity index (χ1n) is 8.59. The third kappa shape index (κ3) is 4.28. The molecule has 0 bridgehead atoms. The van der Waals surface area contributed by atoms with Gasteiger partial charge in [0.25, 0.3) is 0 Å². The topological polar surface area (TPSA) is 62.8 Å². The number of hydrogen-bond donors (Lipinski definition) is 2. The van der Waals surface area contributed by atoms with Crippen LogP contribution in [0.15, 0.2) is 35.7 Å². The molecule has 1 fully saturated rings. The number of carbonyl (C=O) groups excluding carboxylic acids is 1. The monoisotopic (exact) mass is 375 g/mol. The highest BCUT2D eigenvalue weighted by Crippen LogP contribution is 2.34. The second-order valence-corrected chi connectivity index (χ2v) is 7.48. The summed E-state index contributed by atoms with van der Waals surface area (Å²) in [5.41, 5.74) is 0.615. The molecule has 0 saturated carbocycles. The number of likely N-dealkylation sites (N-methyl/N-ethyl adjacent to an activating group) is 1. The molecule has 2 N–H and O–H groups in total. The van der Waals surface area contributed by atoms with Gasteiger partial charge in [0.15, 0.2) is 0 Å². The predicted octanol–water partition coefficient (Wildman–Crippen LogP) is 3.23. The molecule has 1 aliphatic rings. The first-order chi connectivity index (χ1) is 12.6. The van der Waals surface area contributed by atoms with Crippen molar-refractivity contribution in [2.24, 2.45) is 5.92 Å². The van der Waals surface area contributed by atoms with Crippen molar-refractivity contribution < 1.29 is 14.3 Å². The van der Waals surface area contributed by atoms with Crippen LogP contribution < -0.4 is 20.1 Å². The number of ether oxygens (including phenoxy) is 2. The van der Waals surface area contributed by atoms with Crippen LogP contribution in [0.3, 0.4) is 0 Å². The van der Waals surface area contributed by atoms with Gasteiger partial charge < -0.3 is 25.0 Å². The second kappa shape index (κ2) is 8.42. The van der Waals surface area contributed by atoms with E-state index in [1.54, 1.807) is 43.8 Å². The summed E-state index contributed by atoms with van der Waals surface area (Å²) in [5, 5.41) is 7.97. The average Bonchev–Trinajstić information content (AvgIpc) is 3.29. The normalized spacial score (nSPS) is 20.0. The van der Waals surface area contributed by atoms with Gasteiger partial charge >= 0.3 is 6.03 Å². The number of hydrogen-bond acceptors (Lipinski definition) is 5. The maximum atomic E-state index is 12.3. The number of nitrogens with zero attached hydrogens (tertiary/aromatic N) is 1. The van der Waals surface area contributed by atoms with Crippen LogP contribution in [0.5, 0.6) is 11.5 Å². The van der Waals surface area contributed by atoms with E-state index < -0.39 is 0 Å². The molecule has 2 amide bonds. The highest BCUT2D eigenvalue weighted by Gasteiger charge is 2.32. The Morgan fingerprint density at radius 3 is 2.81 bits per heavy atom. The maximum Gasteiger partial charge on any atom is 0.319 e. The lowest BCUT2D eigenvalue weighted by atomic mass is 9.94. The number of amides is 2. The summed E-state index contributed by atoms with van der Waals surface area (Å²) in [6.07, 6.45) is 0. The molecule has 2 atom stereocenters. The van der Waals surface area contributed by atoms with Crippen molar-refractivity contribution in [1.82, 2.24) is 10.2 Å². The molecule has 3 rings (SSSR count). The van der Waals surface area contributed by atoms with Gasteiger partial charge in [0.2, 0.25) is 0 Å². The molecule has 0 spiro atoms. The van der Waals surface area contributed by atoms with Gasteiger partial charge in [-0.3, -0.25) is 0 Å². The van der Waals surface area contributed by atoms with Gasteiger partial charge in [-0.15, -0.1) is 11.3 Å². The quantitative estimate of drug-likeness (QED) is 0.814. The highest BCUT2D eigenvalue weighted by atomic mass is 32.1. The molecule has 1 aliphatic heterocycles. The fraction of sp³-hybridized carbons (Fsp3) is 0.421. The molecule has 1 aromatic carbocycles. The zero-order valence-electron chi connectivity index (χ0n) is 15.3. The van der Waals surface area contributed by atoms with Crippen molar-refractivity contribution in [2.45, 2.75) is 5.92 Å². The zero-order valence-corrected chi connectivity index (χ0v) is 16.1. The third-order valence-electron chi connectivity index (χ3n) is 4.71. The fourth-order valence-electron chi connectivity index (χ4n) is 3.41. The molecule has 6 nitrogen and oxygen atoms in total. The van der Waals surface area contributed by atoms with E-state index in [2.05, 4.69) is 40.1 Å². The Labute approximate surface area is 158 Å². The summed E-state index contributed by atoms with van der Waals surface area (Å²) >= 11 is 1.79. The van der Waals surface area contributed by atoms with E-state index >= 15 is 0 Å². The Morgan fingerprint density at radius 2 is 2.12 bits per heavy atom. The minimum atomic E-state index is -0.229. The molecule has 0 radical (unpaired) electrons. The first kappa shape index (κ1) is 18.5. The Morgan fingerprint density at radius 1 is 1.27 bits per heavy atom. The standard InChI is InChI=1S/C19H25N3O3S/c1-22-11-13(15(12-22)18-5-4-8-26-18)10-20-19(23)21-16-7-6-14(24-2)9-17(16)25-3/h4-9,13,15H,10-12H2,1-3H3,(H2,20,21,23)/t13-,15+/m1/s1. The van der Waals surface area contributed by atoms with Crippen LogP contribution in [0.1, 0.15) is 10.8 Å². The number of methoxy groups -OCH3 is 2. The van der Waals surface area contributed by atoms with Gasteiger partial charge in [0.1, 0.15) is 11.5 Å². The van der Waals surface area contributed by atoms with Crippen LogP contribution in [0.2, 0.25) is 0 Å². The Hall–Kier alpha value is -2.25. The number of urea groups is 1. The van der Waals surface area contributed by atoms with E-state index in [0.29, 0.717) is 35.6 Å². The highest BCUT2D eigenvalue weighted by molar-refractivity contribution is 7.10. The minimum absolute atomic E-state index is 0.229. The van der Waals surface area contributed by atoms with E-state index in [-0.39, 0.29) is 6.03 Å². The average molecular weight is 375 g/mol. The summed E-state index contributed by atoms with van der Waals surface area (Å²) in [6.45, 7) is 2.65. The number of likely N-dealkylation sites (tertiary alicyclic amines) is 1. The van der Waals surface area contributed by atoms with E-state index in [1.807, 2.05) is 0 Å². The van der Waals surface area contributed by atoms with Gasteiger partial charge in [-0.25, -0.2) is 4.79 Å². The molecule has 2 heterocycles. The molecular formula is C19H25N3O3S. The van der Waals surface area contributed by atoms with Gasteiger partial charge in [-0.1, -0.05) is 6.07 Å². The molecule has 1 saturated heterocycles. The van der Waals surface area contributed by atoms with Crippen molar-refractivity contribution >= 4 is 23.1 Å². The van der Waals surface area contributed by atoms with Crippen molar-refractivity contribution in [2.75, 3.05) is 46.2 Å². The smallest absolute Gasteiger partial charge is 0.319 e. The molecular weight excluding hydrogens is 350 g/mol. The lowest BCUT2D eigenvalue weighted by Crippen LogP contribution is -2.35. The van der Waals surface area contributed by atoms with E-state index in [9.17, 15) is 4.79 Å². The van der Waals surface area contributed by atoms with E-state index in [1.165, 1.54) is 4.88 Å². The molecule has 26 heavy (non-hydrogen) atoms. The molecule has 2 aromatic rings. The lowest BCUT2D eigenvalue weighted by Gasteiger charge is -2.18. The van der Waals surface area contributed by atoms with Crippen LogP contribution in [0.4, 0.5) is 10.5 Å². The van der Waals surface area contributed by atoms with Crippen LogP contribution in [-0.4, -0.2) is 51.8 Å². The molecule has 1 aromatic heterocycles. The van der Waals surface area contributed by atoms with Crippen molar-refractivity contribution in [1.29, 1.82) is 0 Å². The van der Waals surface area contributed by atoms with E-state index in [4.69, 9.17) is 9.47 Å². The molecule has 7 heteroatoms. The Kier molecular flexibility index (Phi) is 6.00. The van der Waals surface area contributed by atoms with Crippen molar-refractivity contribution in [3.63, 3.8) is 0 Å². The first-order valence-corrected chi connectivity index (χ1v) is 9.47. The lowest BCUT2D eigenvalue weighted by molar-refractivity contribution is 0.249. The van der Waals surface area contributed by atoms with Crippen LogP contribution in [-0.2, 0) is 0 Å². The largest absolute Gasteiger partial charge is 0.497 e. The van der Waals surface area contributed by atoms with Crippen LogP contribution in [0, 0.1) is 5.92 Å². The number of thiophene rings is 1. The van der Waals surface area contributed by atoms with Crippen molar-refractivity contribution in [3.8, 4) is 11.5 Å². The molecule has 0 aliphatic carbocycles. The zero-order chi connectivity index (χ0) is 18.5. The number of anilines is 1. The number of nitrogens with one attached hydrogen (secondary N) is 2. The summed E-state index contributed by atoms with van der Waals surface area (Å²) in [4.78, 5) is 16.1. The predicted molar refractivity (Wildman–Crippen MR) is 105 cm³/mol. The summed E-state index contributed by atoms with van der Waals surface area (Å²) < 4.78 is 10.5. The maximum absolute atomic E-state index is 12.3. The van der Waals surface area contributed by atoms with Crippen LogP contribution >= 0.6 is 11.3 Å². The number of carbonyl (C=O) groups is 1. The van der Waals surface area contributed by atoms with Crippen LogP contribution in [0.25, 0.3) is 0 Å². The second-order valence-electron chi connectivity index (χ2n) is 6.50. The molecule has 0 unspecified atom stereocenters. The number of rotatable bonds is 6. The van der Waals surface area contributed by atoms with Gasteiger partial charge in [0.05, 0.1) is 19.9 Å². The number of benzene rings is 1.